The van der Waals surface area contributed by atoms with Crippen molar-refractivity contribution in [2.45, 2.75) is 25.8 Å². The number of primary amides is 1. The van der Waals surface area contributed by atoms with E-state index in [1.54, 1.807) is 12.3 Å². The Hall–Kier alpha value is -1.85. The lowest BCUT2D eigenvalue weighted by Gasteiger charge is -2.16. The molecule has 17 heavy (non-hydrogen) atoms. The summed E-state index contributed by atoms with van der Waals surface area (Å²) in [5.41, 5.74) is 5.71. The predicted molar refractivity (Wildman–Crippen MR) is 63.8 cm³/mol. The minimum absolute atomic E-state index is 0.135. The van der Waals surface area contributed by atoms with Crippen molar-refractivity contribution in [3.63, 3.8) is 0 Å². The number of aromatic nitrogens is 2. The van der Waals surface area contributed by atoms with Crippen LogP contribution in [0.3, 0.4) is 0 Å². The molecule has 1 aliphatic heterocycles. The molecule has 0 unspecified atom stereocenters. The summed E-state index contributed by atoms with van der Waals surface area (Å²) in [6.07, 6.45) is 4.12. The summed E-state index contributed by atoms with van der Waals surface area (Å²) in [6.45, 7) is 2.20. The lowest BCUT2D eigenvalue weighted by Crippen LogP contribution is -2.27. The van der Waals surface area contributed by atoms with E-state index in [0.29, 0.717) is 0 Å². The summed E-state index contributed by atoms with van der Waals surface area (Å²) in [6, 6.07) is 1.57. The number of rotatable bonds is 4. The molecule has 0 aliphatic carbocycles. The number of nitrogens with two attached hydrogens (primary N) is 1. The van der Waals surface area contributed by atoms with Gasteiger partial charge in [0.25, 0.3) is 5.56 Å². The quantitative estimate of drug-likeness (QED) is 0.779. The van der Waals surface area contributed by atoms with Crippen LogP contribution in [0.4, 0.5) is 5.69 Å². The zero-order chi connectivity index (χ0) is 12.3. The number of amides is 1. The topological polar surface area (TPSA) is 81.2 Å². The average Bonchev–Trinajstić information content (AvgIpc) is 2.80. The van der Waals surface area contributed by atoms with Gasteiger partial charge in [-0.25, -0.2) is 4.68 Å². The Kier molecular flexibility index (Phi) is 3.41. The standard InChI is InChI=1S/C11H16N4O2/c12-10(16)3-6-15-11(17)7-9(8-13-15)14-4-1-2-5-14/h7-8H,1-6H2,(H2,12,16). The molecule has 0 saturated carbocycles. The number of aryl methyl sites for hydroxylation is 1. The van der Waals surface area contributed by atoms with Crippen LogP contribution in [0.25, 0.3) is 0 Å². The smallest absolute Gasteiger partial charge is 0.268 e. The summed E-state index contributed by atoms with van der Waals surface area (Å²) in [4.78, 5) is 24.5. The fourth-order valence-corrected chi connectivity index (χ4v) is 1.96. The largest absolute Gasteiger partial charge is 0.370 e. The van der Waals surface area contributed by atoms with Gasteiger partial charge in [-0.2, -0.15) is 5.10 Å². The summed E-state index contributed by atoms with van der Waals surface area (Å²) >= 11 is 0. The van der Waals surface area contributed by atoms with Crippen LogP contribution in [0.15, 0.2) is 17.1 Å². The highest BCUT2D eigenvalue weighted by Crippen LogP contribution is 2.16. The number of carbonyl (C=O) groups excluding carboxylic acids is 1. The van der Waals surface area contributed by atoms with Crippen LogP contribution in [-0.2, 0) is 11.3 Å². The molecule has 0 bridgehead atoms. The molecule has 0 radical (unpaired) electrons. The Morgan fingerprint density at radius 3 is 2.71 bits per heavy atom. The van der Waals surface area contributed by atoms with Crippen LogP contribution in [0.2, 0.25) is 0 Å². The van der Waals surface area contributed by atoms with E-state index in [-0.39, 0.29) is 18.5 Å². The monoisotopic (exact) mass is 236 g/mol. The molecule has 6 heteroatoms. The Labute approximate surface area is 99.0 Å². The fourth-order valence-electron chi connectivity index (χ4n) is 1.96. The maximum Gasteiger partial charge on any atom is 0.268 e. The molecule has 2 N–H and O–H groups in total. The van der Waals surface area contributed by atoms with Crippen molar-refractivity contribution in [3.05, 3.63) is 22.6 Å². The molecular weight excluding hydrogens is 220 g/mol. The van der Waals surface area contributed by atoms with E-state index >= 15 is 0 Å². The van der Waals surface area contributed by atoms with Crippen LogP contribution < -0.4 is 16.2 Å². The summed E-state index contributed by atoms with van der Waals surface area (Å²) in [5, 5.41) is 4.05. The van der Waals surface area contributed by atoms with Gasteiger partial charge in [0.1, 0.15) is 0 Å². The minimum atomic E-state index is -0.428. The van der Waals surface area contributed by atoms with E-state index in [9.17, 15) is 9.59 Å². The van der Waals surface area contributed by atoms with Crippen molar-refractivity contribution in [3.8, 4) is 0 Å². The highest BCUT2D eigenvalue weighted by molar-refractivity contribution is 5.73. The SMILES string of the molecule is NC(=O)CCn1ncc(N2CCCC2)cc1=O. The normalized spacial score (nSPS) is 15.2. The maximum absolute atomic E-state index is 11.7. The van der Waals surface area contributed by atoms with Crippen molar-refractivity contribution >= 4 is 11.6 Å². The Morgan fingerprint density at radius 2 is 2.12 bits per heavy atom. The molecule has 1 fully saturated rings. The molecule has 1 aromatic heterocycles. The van der Waals surface area contributed by atoms with Crippen molar-refractivity contribution in [1.82, 2.24) is 9.78 Å². The molecule has 0 atom stereocenters. The minimum Gasteiger partial charge on any atom is -0.370 e. The number of hydrogen-bond donors (Lipinski definition) is 1. The van der Waals surface area contributed by atoms with Crippen molar-refractivity contribution in [2.75, 3.05) is 18.0 Å². The van der Waals surface area contributed by atoms with Gasteiger partial charge in [0, 0.05) is 25.6 Å². The molecule has 2 heterocycles. The van der Waals surface area contributed by atoms with Crippen molar-refractivity contribution in [2.24, 2.45) is 5.73 Å². The molecule has 6 nitrogen and oxygen atoms in total. The Bertz CT molecular complexity index is 463. The number of carbonyl (C=O) groups is 1. The number of hydrogen-bond acceptors (Lipinski definition) is 4. The van der Waals surface area contributed by atoms with Gasteiger partial charge in [0.15, 0.2) is 0 Å². The predicted octanol–water partition coefficient (Wildman–Crippen LogP) is -0.281. The molecule has 2 rings (SSSR count). The van der Waals surface area contributed by atoms with Gasteiger partial charge in [-0.15, -0.1) is 0 Å². The van der Waals surface area contributed by atoms with E-state index in [1.807, 2.05) is 0 Å². The fraction of sp³-hybridized carbons (Fsp3) is 0.545. The van der Waals surface area contributed by atoms with E-state index in [4.69, 9.17) is 5.73 Å². The second kappa shape index (κ2) is 4.99. The Morgan fingerprint density at radius 1 is 1.41 bits per heavy atom. The molecule has 0 spiro atoms. The van der Waals surface area contributed by atoms with Gasteiger partial charge in [-0.05, 0) is 12.8 Å². The van der Waals surface area contributed by atoms with Crippen LogP contribution in [0, 0.1) is 0 Å². The van der Waals surface area contributed by atoms with Gasteiger partial charge in [-0.1, -0.05) is 0 Å². The summed E-state index contributed by atoms with van der Waals surface area (Å²) < 4.78 is 1.27. The van der Waals surface area contributed by atoms with Crippen LogP contribution in [-0.4, -0.2) is 28.8 Å². The van der Waals surface area contributed by atoms with Gasteiger partial charge in [0.05, 0.1) is 18.4 Å². The van der Waals surface area contributed by atoms with Crippen LogP contribution >= 0.6 is 0 Å². The first-order chi connectivity index (χ1) is 8.16. The molecule has 1 amide bonds. The first-order valence-electron chi connectivity index (χ1n) is 5.77. The van der Waals surface area contributed by atoms with Gasteiger partial charge in [-0.3, -0.25) is 9.59 Å². The third kappa shape index (κ3) is 2.83. The number of anilines is 1. The zero-order valence-corrected chi connectivity index (χ0v) is 9.63. The van der Waals surface area contributed by atoms with E-state index < -0.39 is 5.91 Å². The van der Waals surface area contributed by atoms with Crippen molar-refractivity contribution < 1.29 is 4.79 Å². The van der Waals surface area contributed by atoms with Crippen LogP contribution in [0.5, 0.6) is 0 Å². The zero-order valence-electron chi connectivity index (χ0n) is 9.63. The van der Waals surface area contributed by atoms with Gasteiger partial charge in [0.2, 0.25) is 5.91 Å². The first-order valence-corrected chi connectivity index (χ1v) is 5.77. The maximum atomic E-state index is 11.7. The summed E-state index contributed by atoms with van der Waals surface area (Å²) in [5.74, 6) is -0.428. The third-order valence-electron chi connectivity index (χ3n) is 2.90. The molecule has 0 aromatic carbocycles. The molecule has 1 aromatic rings. The Balaban J connectivity index is 2.11. The van der Waals surface area contributed by atoms with Crippen LogP contribution in [0.1, 0.15) is 19.3 Å². The highest BCUT2D eigenvalue weighted by Gasteiger charge is 2.13. The molecular formula is C11H16N4O2. The average molecular weight is 236 g/mol. The molecule has 1 aliphatic rings. The molecule has 92 valence electrons. The second-order valence-electron chi connectivity index (χ2n) is 4.19. The first kappa shape index (κ1) is 11.6. The van der Waals surface area contributed by atoms with E-state index in [0.717, 1.165) is 31.6 Å². The highest BCUT2D eigenvalue weighted by atomic mass is 16.1. The van der Waals surface area contributed by atoms with Gasteiger partial charge < -0.3 is 10.6 Å². The van der Waals surface area contributed by atoms with Crippen molar-refractivity contribution in [1.29, 1.82) is 0 Å². The number of nitrogens with zero attached hydrogens (tertiary/aromatic N) is 3. The molecule has 1 saturated heterocycles. The lowest BCUT2D eigenvalue weighted by molar-refractivity contribution is -0.118. The third-order valence-corrected chi connectivity index (χ3v) is 2.90. The van der Waals surface area contributed by atoms with Gasteiger partial charge >= 0.3 is 0 Å². The second-order valence-corrected chi connectivity index (χ2v) is 4.19. The van der Waals surface area contributed by atoms with E-state index in [2.05, 4.69) is 10.00 Å². The lowest BCUT2D eigenvalue weighted by atomic mass is 10.4. The van der Waals surface area contributed by atoms with E-state index in [1.165, 1.54) is 4.68 Å². The summed E-state index contributed by atoms with van der Waals surface area (Å²) in [7, 11) is 0.